The summed E-state index contributed by atoms with van der Waals surface area (Å²) in [5, 5.41) is 10.7. The first kappa shape index (κ1) is 19.7. The van der Waals surface area contributed by atoms with Gasteiger partial charge in [0, 0.05) is 31.9 Å². The van der Waals surface area contributed by atoms with Gasteiger partial charge in [-0.1, -0.05) is 0 Å². The molecule has 0 atom stereocenters. The Labute approximate surface area is 152 Å². The fourth-order valence-corrected chi connectivity index (χ4v) is 2.48. The fourth-order valence-electron chi connectivity index (χ4n) is 2.48. The second-order valence-electron chi connectivity index (χ2n) is 5.85. The Kier molecular flexibility index (Phi) is 7.37. The van der Waals surface area contributed by atoms with E-state index in [1.54, 1.807) is 7.05 Å². The number of hydrogen-bond donors (Lipinski definition) is 2. The van der Waals surface area contributed by atoms with Crippen molar-refractivity contribution >= 4 is 5.96 Å². The number of halogens is 2. The van der Waals surface area contributed by atoms with E-state index in [-0.39, 0.29) is 12.4 Å². The maximum atomic E-state index is 13.4. The second kappa shape index (κ2) is 9.74. The van der Waals surface area contributed by atoms with Gasteiger partial charge in [0.1, 0.15) is 12.4 Å². The molecule has 142 valence electrons. The average Bonchev–Trinajstić information content (AvgIpc) is 2.92. The van der Waals surface area contributed by atoms with Crippen molar-refractivity contribution < 1.29 is 13.5 Å². The number of guanidine groups is 1. The van der Waals surface area contributed by atoms with Crippen molar-refractivity contribution in [1.29, 1.82) is 0 Å². The second-order valence-corrected chi connectivity index (χ2v) is 5.85. The molecule has 1 heterocycles. The molecule has 0 saturated carbocycles. The number of nitrogens with zero attached hydrogens (tertiary/aromatic N) is 3. The first-order valence-electron chi connectivity index (χ1n) is 8.53. The molecule has 2 aromatic rings. The van der Waals surface area contributed by atoms with Gasteiger partial charge < -0.3 is 15.4 Å². The van der Waals surface area contributed by atoms with Crippen LogP contribution in [-0.4, -0.2) is 42.5 Å². The van der Waals surface area contributed by atoms with Gasteiger partial charge in [0.25, 0.3) is 0 Å². The lowest BCUT2D eigenvalue weighted by Crippen LogP contribution is -2.39. The Morgan fingerprint density at radius 3 is 2.62 bits per heavy atom. The van der Waals surface area contributed by atoms with Crippen LogP contribution in [0.3, 0.4) is 0 Å². The lowest BCUT2D eigenvalue weighted by atomic mass is 10.3. The van der Waals surface area contributed by atoms with Crippen LogP contribution in [0.5, 0.6) is 5.75 Å². The maximum Gasteiger partial charge on any atom is 0.191 e. The van der Waals surface area contributed by atoms with Crippen LogP contribution in [-0.2, 0) is 6.54 Å². The fraction of sp³-hybridized carbons (Fsp3) is 0.444. The van der Waals surface area contributed by atoms with Gasteiger partial charge in [0.05, 0.1) is 12.2 Å². The SMILES string of the molecule is CN=C(NCCCn1nc(C)cc1C)NCCOc1ccc(F)cc1F. The van der Waals surface area contributed by atoms with Crippen molar-refractivity contribution in [2.24, 2.45) is 4.99 Å². The molecule has 1 aromatic heterocycles. The summed E-state index contributed by atoms with van der Waals surface area (Å²) in [5.74, 6) is -0.669. The van der Waals surface area contributed by atoms with Crippen LogP contribution in [0.1, 0.15) is 17.8 Å². The topological polar surface area (TPSA) is 63.5 Å². The van der Waals surface area contributed by atoms with Crippen molar-refractivity contribution in [2.45, 2.75) is 26.8 Å². The van der Waals surface area contributed by atoms with Crippen molar-refractivity contribution in [1.82, 2.24) is 20.4 Å². The highest BCUT2D eigenvalue weighted by atomic mass is 19.1. The van der Waals surface area contributed by atoms with E-state index in [1.807, 2.05) is 18.5 Å². The number of aryl methyl sites for hydroxylation is 3. The van der Waals surface area contributed by atoms with Crippen LogP contribution in [0, 0.1) is 25.5 Å². The molecule has 26 heavy (non-hydrogen) atoms. The number of benzene rings is 1. The van der Waals surface area contributed by atoms with Crippen LogP contribution >= 0.6 is 0 Å². The zero-order valence-corrected chi connectivity index (χ0v) is 15.4. The Hall–Kier alpha value is -2.64. The molecule has 1 aromatic carbocycles. The van der Waals surface area contributed by atoms with Crippen LogP contribution < -0.4 is 15.4 Å². The quantitative estimate of drug-likeness (QED) is 0.428. The van der Waals surface area contributed by atoms with Gasteiger partial charge in [0.15, 0.2) is 17.5 Å². The molecule has 0 amide bonds. The molecule has 2 N–H and O–H groups in total. The maximum absolute atomic E-state index is 13.4. The van der Waals surface area contributed by atoms with Gasteiger partial charge in [-0.05, 0) is 38.5 Å². The molecule has 0 aliphatic rings. The third-order valence-electron chi connectivity index (χ3n) is 3.71. The number of aromatic nitrogens is 2. The lowest BCUT2D eigenvalue weighted by molar-refractivity contribution is 0.304. The number of ether oxygens (including phenoxy) is 1. The van der Waals surface area contributed by atoms with E-state index in [4.69, 9.17) is 4.74 Å². The van der Waals surface area contributed by atoms with Crippen LogP contribution in [0.2, 0.25) is 0 Å². The van der Waals surface area contributed by atoms with E-state index in [0.29, 0.717) is 12.5 Å². The van der Waals surface area contributed by atoms with E-state index in [2.05, 4.69) is 26.8 Å². The summed E-state index contributed by atoms with van der Waals surface area (Å²) >= 11 is 0. The zero-order valence-electron chi connectivity index (χ0n) is 15.4. The first-order valence-corrected chi connectivity index (χ1v) is 8.53. The van der Waals surface area contributed by atoms with Crippen LogP contribution in [0.25, 0.3) is 0 Å². The molecule has 0 fully saturated rings. The van der Waals surface area contributed by atoms with E-state index in [9.17, 15) is 8.78 Å². The van der Waals surface area contributed by atoms with E-state index in [1.165, 1.54) is 6.07 Å². The molecule has 0 radical (unpaired) electrons. The molecule has 0 bridgehead atoms. The molecule has 0 aliphatic carbocycles. The molecule has 0 spiro atoms. The highest BCUT2D eigenvalue weighted by Gasteiger charge is 2.05. The number of hydrogen-bond acceptors (Lipinski definition) is 3. The normalized spacial score (nSPS) is 11.5. The van der Waals surface area contributed by atoms with E-state index < -0.39 is 11.6 Å². The minimum Gasteiger partial charge on any atom is -0.489 e. The smallest absolute Gasteiger partial charge is 0.191 e. The molecular weight excluding hydrogens is 340 g/mol. The zero-order chi connectivity index (χ0) is 18.9. The number of rotatable bonds is 8. The van der Waals surface area contributed by atoms with Gasteiger partial charge >= 0.3 is 0 Å². The van der Waals surface area contributed by atoms with E-state index >= 15 is 0 Å². The summed E-state index contributed by atoms with van der Waals surface area (Å²) in [6, 6.07) is 5.29. The monoisotopic (exact) mass is 365 g/mol. The molecule has 0 unspecified atom stereocenters. The van der Waals surface area contributed by atoms with Gasteiger partial charge in [-0.3, -0.25) is 9.67 Å². The highest BCUT2D eigenvalue weighted by molar-refractivity contribution is 5.79. The summed E-state index contributed by atoms with van der Waals surface area (Å²) in [6.45, 7) is 6.26. The molecule has 2 rings (SSSR count). The lowest BCUT2D eigenvalue weighted by Gasteiger charge is -2.13. The minimum absolute atomic E-state index is 0.0287. The predicted molar refractivity (Wildman–Crippen MR) is 97.5 cm³/mol. The third kappa shape index (κ3) is 6.02. The Balaban J connectivity index is 1.64. The number of nitrogens with one attached hydrogen (secondary N) is 2. The van der Waals surface area contributed by atoms with Gasteiger partial charge in [-0.2, -0.15) is 5.10 Å². The highest BCUT2D eigenvalue weighted by Crippen LogP contribution is 2.17. The van der Waals surface area contributed by atoms with Crippen LogP contribution in [0.15, 0.2) is 29.3 Å². The molecular formula is C18H25F2N5O. The molecule has 0 saturated heterocycles. The van der Waals surface area contributed by atoms with Gasteiger partial charge in [-0.25, -0.2) is 8.78 Å². The van der Waals surface area contributed by atoms with Crippen molar-refractivity contribution in [3.8, 4) is 5.75 Å². The van der Waals surface area contributed by atoms with Gasteiger partial charge in [-0.15, -0.1) is 0 Å². The average molecular weight is 365 g/mol. The Bertz CT molecular complexity index is 745. The summed E-state index contributed by atoms with van der Waals surface area (Å²) in [7, 11) is 1.68. The van der Waals surface area contributed by atoms with Crippen molar-refractivity contribution in [3.05, 3.63) is 47.3 Å². The summed E-state index contributed by atoms with van der Waals surface area (Å²) in [4.78, 5) is 4.12. The Morgan fingerprint density at radius 2 is 1.96 bits per heavy atom. The third-order valence-corrected chi connectivity index (χ3v) is 3.71. The molecule has 6 nitrogen and oxygen atoms in total. The molecule has 8 heteroatoms. The Morgan fingerprint density at radius 1 is 1.19 bits per heavy atom. The van der Waals surface area contributed by atoms with Gasteiger partial charge in [0.2, 0.25) is 0 Å². The number of aliphatic imine (C=N–C) groups is 1. The van der Waals surface area contributed by atoms with Crippen molar-refractivity contribution in [2.75, 3.05) is 26.7 Å². The first-order chi connectivity index (χ1) is 12.5. The summed E-state index contributed by atoms with van der Waals surface area (Å²) in [6.07, 6.45) is 0.903. The van der Waals surface area contributed by atoms with E-state index in [0.717, 1.165) is 43.0 Å². The van der Waals surface area contributed by atoms with Crippen molar-refractivity contribution in [3.63, 3.8) is 0 Å². The van der Waals surface area contributed by atoms with Crippen LogP contribution in [0.4, 0.5) is 8.78 Å². The predicted octanol–water partition coefficient (Wildman–Crippen LogP) is 2.41. The summed E-state index contributed by atoms with van der Waals surface area (Å²) < 4.78 is 33.6. The minimum atomic E-state index is -0.711. The largest absolute Gasteiger partial charge is 0.489 e. The standard InChI is InChI=1S/C18H25F2N5O/c1-13-11-14(2)25(24-13)9-4-7-22-18(21-3)23-8-10-26-17-6-5-15(19)12-16(17)20/h5-6,11-12H,4,7-10H2,1-3H3,(H2,21,22,23). The molecule has 0 aliphatic heterocycles. The summed E-state index contributed by atoms with van der Waals surface area (Å²) in [5.41, 5.74) is 2.17.